The Morgan fingerprint density at radius 1 is 0.957 bits per heavy atom. The van der Waals surface area contributed by atoms with Crippen LogP contribution in [-0.4, -0.2) is 8.42 Å². The lowest BCUT2D eigenvalue weighted by molar-refractivity contribution is -0.137. The smallest absolute Gasteiger partial charge is 0.208 e. The predicted molar refractivity (Wildman–Crippen MR) is 82.7 cm³/mol. The van der Waals surface area contributed by atoms with Crippen molar-refractivity contribution in [2.45, 2.75) is 12.7 Å². The third kappa shape index (κ3) is 5.54. The van der Waals surface area contributed by atoms with Crippen LogP contribution < -0.4 is 4.72 Å². The largest absolute Gasteiger partial charge is 0.416 e. The van der Waals surface area contributed by atoms with Crippen LogP contribution >= 0.6 is 0 Å². The molecule has 0 fully saturated rings. The molecule has 0 atom stereocenters. The number of benzene rings is 2. The van der Waals surface area contributed by atoms with E-state index in [4.69, 9.17) is 0 Å². The number of halogens is 3. The van der Waals surface area contributed by atoms with Crippen LogP contribution in [0, 0.1) is 0 Å². The molecule has 3 nitrogen and oxygen atoms in total. The molecule has 122 valence electrons. The zero-order chi connectivity index (χ0) is 16.9. The number of rotatable bonds is 5. The average molecular weight is 341 g/mol. The van der Waals surface area contributed by atoms with Crippen molar-refractivity contribution in [1.29, 1.82) is 0 Å². The van der Waals surface area contributed by atoms with E-state index in [1.807, 2.05) is 6.07 Å². The van der Waals surface area contributed by atoms with Gasteiger partial charge in [-0.1, -0.05) is 42.5 Å². The Bertz CT molecular complexity index is 767. The summed E-state index contributed by atoms with van der Waals surface area (Å²) in [5.41, 5.74) is 0.398. The third-order valence-corrected chi connectivity index (χ3v) is 4.04. The van der Waals surface area contributed by atoms with Crippen molar-refractivity contribution < 1.29 is 21.6 Å². The summed E-state index contributed by atoms with van der Waals surface area (Å²) in [6, 6.07) is 13.2. The maximum absolute atomic E-state index is 12.4. The highest BCUT2D eigenvalue weighted by Gasteiger charge is 2.29. The Balaban J connectivity index is 1.98. The van der Waals surface area contributed by atoms with Gasteiger partial charge in [-0.15, -0.1) is 0 Å². The Morgan fingerprint density at radius 2 is 1.57 bits per heavy atom. The van der Waals surface area contributed by atoms with Gasteiger partial charge in [0.05, 0.1) is 5.56 Å². The van der Waals surface area contributed by atoms with Gasteiger partial charge in [-0.3, -0.25) is 0 Å². The minimum atomic E-state index is -4.41. The number of alkyl halides is 3. The van der Waals surface area contributed by atoms with Crippen LogP contribution in [0.4, 0.5) is 13.2 Å². The fourth-order valence-electron chi connectivity index (χ4n) is 1.78. The second-order valence-electron chi connectivity index (χ2n) is 4.77. The lowest BCUT2D eigenvalue weighted by atomic mass is 10.1. The normalized spacial score (nSPS) is 12.7. The molecule has 0 aromatic heterocycles. The van der Waals surface area contributed by atoms with Crippen LogP contribution in [0.25, 0.3) is 6.08 Å². The highest BCUT2D eigenvalue weighted by molar-refractivity contribution is 7.92. The highest BCUT2D eigenvalue weighted by atomic mass is 32.2. The molecule has 1 N–H and O–H groups in total. The van der Waals surface area contributed by atoms with Gasteiger partial charge in [-0.2, -0.15) is 13.2 Å². The van der Waals surface area contributed by atoms with Crippen molar-refractivity contribution >= 4 is 16.1 Å². The maximum Gasteiger partial charge on any atom is 0.416 e. The minimum absolute atomic E-state index is 0.0837. The van der Waals surface area contributed by atoms with Crippen LogP contribution in [0.3, 0.4) is 0 Å². The quantitative estimate of drug-likeness (QED) is 0.899. The summed E-state index contributed by atoms with van der Waals surface area (Å²) in [6.45, 7) is -0.0837. The van der Waals surface area contributed by atoms with Crippen LogP contribution in [0.1, 0.15) is 16.7 Å². The zero-order valence-electron chi connectivity index (χ0n) is 11.9. The fourth-order valence-corrected chi connectivity index (χ4v) is 2.58. The molecule has 0 bridgehead atoms. The number of sulfonamides is 1. The van der Waals surface area contributed by atoms with Crippen LogP contribution in [0.15, 0.2) is 60.0 Å². The van der Waals surface area contributed by atoms with E-state index in [2.05, 4.69) is 4.72 Å². The molecule has 0 saturated carbocycles. The van der Waals surface area contributed by atoms with E-state index in [1.165, 1.54) is 18.2 Å². The number of nitrogens with one attached hydrogen (secondary N) is 1. The summed E-state index contributed by atoms with van der Waals surface area (Å²) in [5.74, 6) is 0. The van der Waals surface area contributed by atoms with E-state index in [0.717, 1.165) is 23.1 Å². The molecule has 0 unspecified atom stereocenters. The summed E-state index contributed by atoms with van der Waals surface area (Å²) in [6.07, 6.45) is -2.97. The van der Waals surface area contributed by atoms with Gasteiger partial charge in [0.25, 0.3) is 0 Å². The monoisotopic (exact) mass is 341 g/mol. The summed E-state index contributed by atoms with van der Waals surface area (Å²) >= 11 is 0. The number of hydrogen-bond acceptors (Lipinski definition) is 2. The molecular formula is C16H14F3NO2S. The van der Waals surface area contributed by atoms with Crippen molar-refractivity contribution in [3.05, 3.63) is 76.7 Å². The third-order valence-electron chi connectivity index (χ3n) is 3.00. The Labute approximate surface area is 132 Å². The summed E-state index contributed by atoms with van der Waals surface area (Å²) < 4.78 is 63.3. The zero-order valence-corrected chi connectivity index (χ0v) is 12.7. The van der Waals surface area contributed by atoms with Crippen molar-refractivity contribution in [1.82, 2.24) is 4.72 Å². The fraction of sp³-hybridized carbons (Fsp3) is 0.125. The van der Waals surface area contributed by atoms with Gasteiger partial charge in [0.1, 0.15) is 0 Å². The van der Waals surface area contributed by atoms with Gasteiger partial charge in [-0.05, 0) is 29.3 Å². The van der Waals surface area contributed by atoms with Crippen LogP contribution in [0.2, 0.25) is 0 Å². The molecule has 0 heterocycles. The molecule has 0 amide bonds. The van der Waals surface area contributed by atoms with Gasteiger partial charge in [0.2, 0.25) is 10.0 Å². The predicted octanol–water partition coefficient (Wildman–Crippen LogP) is 3.80. The van der Waals surface area contributed by atoms with Gasteiger partial charge in [-0.25, -0.2) is 13.1 Å². The van der Waals surface area contributed by atoms with E-state index < -0.39 is 21.8 Å². The molecule has 0 saturated heterocycles. The van der Waals surface area contributed by atoms with E-state index in [0.29, 0.717) is 5.56 Å². The minimum Gasteiger partial charge on any atom is -0.208 e. The Morgan fingerprint density at radius 3 is 2.13 bits per heavy atom. The summed E-state index contributed by atoms with van der Waals surface area (Å²) in [4.78, 5) is 0. The molecule has 23 heavy (non-hydrogen) atoms. The highest BCUT2D eigenvalue weighted by Crippen LogP contribution is 2.29. The summed E-state index contributed by atoms with van der Waals surface area (Å²) in [7, 11) is -3.67. The van der Waals surface area contributed by atoms with E-state index in [1.54, 1.807) is 24.3 Å². The molecule has 0 aliphatic rings. The van der Waals surface area contributed by atoms with Gasteiger partial charge < -0.3 is 0 Å². The SMILES string of the molecule is O=S(=O)(/C=C/c1ccccc1)NCc1ccc(C(F)(F)F)cc1. The first kappa shape index (κ1) is 17.2. The lowest BCUT2D eigenvalue weighted by Gasteiger charge is -2.08. The molecule has 0 radical (unpaired) electrons. The first-order chi connectivity index (χ1) is 10.8. The van der Waals surface area contributed by atoms with E-state index >= 15 is 0 Å². The second-order valence-corrected chi connectivity index (χ2v) is 6.43. The van der Waals surface area contributed by atoms with Crippen LogP contribution in [-0.2, 0) is 22.7 Å². The molecular weight excluding hydrogens is 327 g/mol. The first-order valence-corrected chi connectivity index (χ1v) is 8.20. The Hall–Kier alpha value is -2.12. The summed E-state index contributed by atoms with van der Waals surface area (Å²) in [5, 5.41) is 1.02. The van der Waals surface area contributed by atoms with Crippen molar-refractivity contribution in [3.8, 4) is 0 Å². The molecule has 2 aromatic carbocycles. The number of hydrogen-bond donors (Lipinski definition) is 1. The first-order valence-electron chi connectivity index (χ1n) is 6.65. The lowest BCUT2D eigenvalue weighted by Crippen LogP contribution is -2.20. The molecule has 0 aliphatic heterocycles. The average Bonchev–Trinajstić information content (AvgIpc) is 2.52. The molecule has 0 aliphatic carbocycles. The molecule has 7 heteroatoms. The molecule has 2 aromatic rings. The molecule has 0 spiro atoms. The second kappa shape index (κ2) is 6.97. The standard InChI is InChI=1S/C16H14F3NO2S/c17-16(18,19)15-8-6-14(7-9-15)12-20-23(21,22)11-10-13-4-2-1-3-5-13/h1-11,20H,12H2/b11-10+. The topological polar surface area (TPSA) is 46.2 Å². The van der Waals surface area contributed by atoms with Crippen molar-refractivity contribution in [3.63, 3.8) is 0 Å². The van der Waals surface area contributed by atoms with Crippen LogP contribution in [0.5, 0.6) is 0 Å². The maximum atomic E-state index is 12.4. The van der Waals surface area contributed by atoms with Gasteiger partial charge in [0.15, 0.2) is 0 Å². The Kier molecular flexibility index (Phi) is 5.23. The van der Waals surface area contributed by atoms with Crippen molar-refractivity contribution in [2.24, 2.45) is 0 Å². The van der Waals surface area contributed by atoms with Gasteiger partial charge >= 0.3 is 6.18 Å². The van der Waals surface area contributed by atoms with E-state index in [-0.39, 0.29) is 6.54 Å². The van der Waals surface area contributed by atoms with Gasteiger partial charge in [0, 0.05) is 12.0 Å². The van der Waals surface area contributed by atoms with Crippen molar-refractivity contribution in [2.75, 3.05) is 0 Å². The molecule has 2 rings (SSSR count). The van der Waals surface area contributed by atoms with E-state index in [9.17, 15) is 21.6 Å².